The topological polar surface area (TPSA) is 207 Å². The van der Waals surface area contributed by atoms with Crippen molar-refractivity contribution in [3.63, 3.8) is 0 Å². The second kappa shape index (κ2) is 21.4. The Morgan fingerprint density at radius 1 is 0.979 bits per heavy atom. The normalized spacial score (nSPS) is 13.3. The fourth-order valence-corrected chi connectivity index (χ4v) is 5.01. The third-order valence-corrected chi connectivity index (χ3v) is 7.58. The van der Waals surface area contributed by atoms with Crippen molar-refractivity contribution in [1.82, 2.24) is 0 Å². The van der Waals surface area contributed by atoms with E-state index >= 15 is 0 Å². The van der Waals surface area contributed by atoms with E-state index in [1.165, 1.54) is 25.7 Å². The Kier molecular flexibility index (Phi) is 17.7. The lowest BCUT2D eigenvalue weighted by Gasteiger charge is -2.32. The highest BCUT2D eigenvalue weighted by atomic mass is 16.5. The van der Waals surface area contributed by atoms with Crippen molar-refractivity contribution in [2.75, 3.05) is 49.2 Å². The summed E-state index contributed by atoms with van der Waals surface area (Å²) in [5.41, 5.74) is 18.1. The first kappa shape index (κ1) is 38.8. The van der Waals surface area contributed by atoms with Crippen molar-refractivity contribution in [3.8, 4) is 5.75 Å². The van der Waals surface area contributed by atoms with Gasteiger partial charge in [0.1, 0.15) is 11.8 Å². The Hall–Kier alpha value is -4.36. The Morgan fingerprint density at radius 3 is 2.32 bits per heavy atom. The Bertz CT molecular complexity index is 1270. The molecule has 0 saturated carbocycles. The van der Waals surface area contributed by atoms with Crippen LogP contribution >= 0.6 is 0 Å². The van der Waals surface area contributed by atoms with Gasteiger partial charge in [0.25, 0.3) is 5.91 Å². The number of hydrogen-bond donors (Lipinski definition) is 5. The van der Waals surface area contributed by atoms with Crippen molar-refractivity contribution < 1.29 is 34.1 Å². The molecule has 13 nitrogen and oxygen atoms in total. The van der Waals surface area contributed by atoms with Gasteiger partial charge in [0.15, 0.2) is 18.7 Å². The molecular weight excluding hydrogens is 604 g/mol. The number of rotatable bonds is 20. The van der Waals surface area contributed by atoms with Crippen LogP contribution in [0.15, 0.2) is 53.5 Å². The number of fused-ring (bicyclic) bond motifs is 1. The molecule has 0 spiro atoms. The number of benzene rings is 2. The van der Waals surface area contributed by atoms with Crippen LogP contribution in [0.5, 0.6) is 5.75 Å². The van der Waals surface area contributed by atoms with Crippen molar-refractivity contribution in [3.05, 3.63) is 54.1 Å². The van der Waals surface area contributed by atoms with Crippen LogP contribution in [0.4, 0.5) is 11.4 Å². The summed E-state index contributed by atoms with van der Waals surface area (Å²) in [4.78, 5) is 42.1. The number of aliphatic imine (C=N–C) groups is 1. The number of hydrogen-bond acceptors (Lipinski definition) is 8. The number of carboxylic acids is 2. The van der Waals surface area contributed by atoms with E-state index in [4.69, 9.17) is 31.8 Å². The number of amides is 1. The van der Waals surface area contributed by atoms with Gasteiger partial charge in [-0.3, -0.25) is 14.6 Å². The third-order valence-electron chi connectivity index (χ3n) is 7.58. The van der Waals surface area contributed by atoms with Gasteiger partial charge in [-0.2, -0.15) is 0 Å². The highest BCUT2D eigenvalue weighted by Gasteiger charge is 2.25. The van der Waals surface area contributed by atoms with Crippen molar-refractivity contribution in [2.24, 2.45) is 22.2 Å². The van der Waals surface area contributed by atoms with Gasteiger partial charge in [0.05, 0.1) is 5.69 Å². The quantitative estimate of drug-likeness (QED) is 0.0793. The number of ether oxygens (including phenoxy) is 2. The second-order valence-corrected chi connectivity index (χ2v) is 11.2. The molecule has 0 bridgehead atoms. The maximum absolute atomic E-state index is 12.6. The summed E-state index contributed by atoms with van der Waals surface area (Å²) < 4.78 is 10.9. The number of nitrogens with two attached hydrogens (primary N) is 3. The summed E-state index contributed by atoms with van der Waals surface area (Å²) in [7, 11) is 0. The van der Waals surface area contributed by atoms with E-state index in [9.17, 15) is 19.5 Å². The van der Waals surface area contributed by atoms with E-state index < -0.39 is 24.1 Å². The van der Waals surface area contributed by atoms with Gasteiger partial charge in [-0.1, -0.05) is 56.9 Å². The van der Waals surface area contributed by atoms with Crippen LogP contribution in [-0.4, -0.2) is 85.6 Å². The van der Waals surface area contributed by atoms with Gasteiger partial charge in [0, 0.05) is 44.9 Å². The van der Waals surface area contributed by atoms with Crippen LogP contribution in [0.2, 0.25) is 0 Å². The summed E-state index contributed by atoms with van der Waals surface area (Å²) in [5.74, 6) is -1.22. The van der Waals surface area contributed by atoms with E-state index in [0.717, 1.165) is 35.7 Å². The summed E-state index contributed by atoms with van der Waals surface area (Å²) in [6, 6.07) is 14.9. The molecule has 2 aromatic rings. The molecule has 1 heterocycles. The first-order valence-corrected chi connectivity index (χ1v) is 16.3. The molecule has 1 aliphatic heterocycles. The van der Waals surface area contributed by atoms with Gasteiger partial charge in [0.2, 0.25) is 0 Å². The Morgan fingerprint density at radius 2 is 1.68 bits per heavy atom. The number of nitrogens with zero attached hydrogens (tertiary/aromatic N) is 3. The molecule has 2 aromatic carbocycles. The van der Waals surface area contributed by atoms with Crippen LogP contribution in [-0.2, 0) is 25.5 Å². The van der Waals surface area contributed by atoms with E-state index in [1.54, 1.807) is 6.92 Å². The molecule has 260 valence electrons. The number of unbranched alkanes of at least 4 members (excludes halogenated alkanes) is 4. The molecule has 1 amide bonds. The van der Waals surface area contributed by atoms with Gasteiger partial charge < -0.3 is 46.7 Å². The van der Waals surface area contributed by atoms with E-state index in [2.05, 4.69) is 16.8 Å². The van der Waals surface area contributed by atoms with E-state index in [0.29, 0.717) is 45.5 Å². The summed E-state index contributed by atoms with van der Waals surface area (Å²) in [5, 5.41) is 17.8. The van der Waals surface area contributed by atoms with Gasteiger partial charge in [-0.25, -0.2) is 4.79 Å². The predicted octanol–water partition coefficient (Wildman–Crippen LogP) is 3.37. The number of carbonyl (C=O) groups excluding carboxylic acids is 1. The summed E-state index contributed by atoms with van der Waals surface area (Å²) in [6.07, 6.45) is 6.40. The molecule has 0 fully saturated rings. The zero-order valence-corrected chi connectivity index (χ0v) is 27.7. The SMILES string of the molecule is CCCCCCCN(CCN1C(=O)COc2ccccc21)c1ccc(CC(OCC)C(=O)O)cc1.NC(N)=NCCCC(N)C(=O)O. The molecular formula is C34H52N6O7. The van der Waals surface area contributed by atoms with Crippen LogP contribution in [0, 0.1) is 0 Å². The minimum Gasteiger partial charge on any atom is -0.482 e. The van der Waals surface area contributed by atoms with Crippen LogP contribution in [0.1, 0.15) is 64.4 Å². The smallest absolute Gasteiger partial charge is 0.333 e. The largest absolute Gasteiger partial charge is 0.482 e. The molecule has 3 rings (SSSR count). The predicted molar refractivity (Wildman–Crippen MR) is 184 cm³/mol. The van der Waals surface area contributed by atoms with Crippen LogP contribution in [0.3, 0.4) is 0 Å². The highest BCUT2D eigenvalue weighted by Crippen LogP contribution is 2.31. The van der Waals surface area contributed by atoms with Crippen molar-refractivity contribution >= 4 is 35.2 Å². The van der Waals surface area contributed by atoms with E-state index in [1.807, 2.05) is 53.4 Å². The van der Waals surface area contributed by atoms with Crippen LogP contribution in [0.25, 0.3) is 0 Å². The first-order chi connectivity index (χ1) is 22.6. The lowest BCUT2D eigenvalue weighted by atomic mass is 10.1. The van der Waals surface area contributed by atoms with Gasteiger partial charge in [-0.05, 0) is 56.0 Å². The van der Waals surface area contributed by atoms with Crippen LogP contribution < -0.4 is 31.7 Å². The highest BCUT2D eigenvalue weighted by molar-refractivity contribution is 5.97. The molecule has 0 radical (unpaired) electrons. The number of aliphatic carboxylic acids is 2. The Balaban J connectivity index is 0.000000544. The molecule has 0 aliphatic carbocycles. The molecule has 2 atom stereocenters. The minimum atomic E-state index is -1.00. The first-order valence-electron chi connectivity index (χ1n) is 16.3. The number of carboxylic acid groups (broad SMARTS) is 2. The standard InChI is InChI=1S/C28H38N2O5.C6H14N4O2/c1-3-5-6-7-10-17-29(18-19-30-24-11-8-9-12-25(24)35-21-27(30)31)23-15-13-22(14-16-23)20-26(28(32)33)34-4-2;7-4(5(11)12)2-1-3-10-6(8)9/h8-9,11-16,26H,3-7,10,17-21H2,1-2H3,(H,32,33);4H,1-3,7H2,(H,11,12)(H4,8,9,10). The molecule has 0 saturated heterocycles. The fraction of sp³-hybridized carbons (Fsp3) is 0.529. The third kappa shape index (κ3) is 14.3. The average molecular weight is 657 g/mol. The lowest BCUT2D eigenvalue weighted by Crippen LogP contribution is -2.43. The average Bonchev–Trinajstić information content (AvgIpc) is 3.05. The monoisotopic (exact) mass is 656 g/mol. The maximum Gasteiger partial charge on any atom is 0.333 e. The molecule has 0 aromatic heterocycles. The fourth-order valence-electron chi connectivity index (χ4n) is 5.01. The summed E-state index contributed by atoms with van der Waals surface area (Å²) in [6.45, 7) is 7.03. The zero-order chi connectivity index (χ0) is 34.6. The maximum atomic E-state index is 12.6. The number of carbonyl (C=O) groups is 3. The van der Waals surface area contributed by atoms with Crippen molar-refractivity contribution in [2.45, 2.75) is 77.4 Å². The minimum absolute atomic E-state index is 0.0129. The number of para-hydroxylation sites is 2. The van der Waals surface area contributed by atoms with Gasteiger partial charge >= 0.3 is 11.9 Å². The van der Waals surface area contributed by atoms with Gasteiger partial charge in [-0.15, -0.1) is 0 Å². The van der Waals surface area contributed by atoms with Crippen molar-refractivity contribution in [1.29, 1.82) is 0 Å². The number of anilines is 2. The summed E-state index contributed by atoms with van der Waals surface area (Å²) >= 11 is 0. The number of guanidine groups is 1. The molecule has 8 N–H and O–H groups in total. The Labute approximate surface area is 277 Å². The van der Waals surface area contributed by atoms with E-state index in [-0.39, 0.29) is 18.5 Å². The lowest BCUT2D eigenvalue weighted by molar-refractivity contribution is -0.150. The second-order valence-electron chi connectivity index (χ2n) is 11.2. The molecule has 13 heteroatoms. The molecule has 2 unspecified atom stereocenters. The molecule has 47 heavy (non-hydrogen) atoms. The zero-order valence-electron chi connectivity index (χ0n) is 27.7. The molecule has 1 aliphatic rings.